The number of carbonyl (C=O) groups is 1. The zero-order valence-corrected chi connectivity index (χ0v) is 13.0. The average molecular weight is 311 g/mol. The molecule has 1 fully saturated rings. The summed E-state index contributed by atoms with van der Waals surface area (Å²) in [7, 11) is 0. The number of amides is 1. The lowest BCUT2D eigenvalue weighted by Gasteiger charge is -2.33. The van der Waals surface area contributed by atoms with E-state index in [1.165, 1.54) is 9.79 Å². The van der Waals surface area contributed by atoms with Crippen LogP contribution in [0.4, 0.5) is 0 Å². The Kier molecular flexibility index (Phi) is 3.64. The molecule has 3 nitrogen and oxygen atoms in total. The van der Waals surface area contributed by atoms with Crippen molar-refractivity contribution in [3.05, 3.63) is 59.7 Å². The quantitative estimate of drug-likeness (QED) is 0.810. The molecule has 0 aliphatic carbocycles. The maximum atomic E-state index is 13.1. The fourth-order valence-electron chi connectivity index (χ4n) is 3.14. The van der Waals surface area contributed by atoms with Crippen molar-refractivity contribution in [3.63, 3.8) is 0 Å². The zero-order valence-electron chi connectivity index (χ0n) is 12.2. The van der Waals surface area contributed by atoms with E-state index in [1.54, 1.807) is 11.8 Å². The summed E-state index contributed by atoms with van der Waals surface area (Å²) in [5.74, 6) is 0.00949. The van der Waals surface area contributed by atoms with Crippen molar-refractivity contribution in [2.24, 2.45) is 0 Å². The SMILES string of the molecule is O=C(C1c2ccccc2Sc2ccccc21)N1CCOCC1. The maximum Gasteiger partial charge on any atom is 0.234 e. The van der Waals surface area contributed by atoms with E-state index in [-0.39, 0.29) is 11.8 Å². The fraction of sp³-hybridized carbons (Fsp3) is 0.278. The number of fused-ring (bicyclic) bond motifs is 2. The van der Waals surface area contributed by atoms with Crippen LogP contribution in [0.15, 0.2) is 58.3 Å². The van der Waals surface area contributed by atoms with E-state index in [1.807, 2.05) is 29.2 Å². The van der Waals surface area contributed by atoms with Gasteiger partial charge in [0.25, 0.3) is 0 Å². The summed E-state index contributed by atoms with van der Waals surface area (Å²) < 4.78 is 5.38. The second kappa shape index (κ2) is 5.78. The molecule has 22 heavy (non-hydrogen) atoms. The molecular weight excluding hydrogens is 294 g/mol. The van der Waals surface area contributed by atoms with Crippen LogP contribution in [0, 0.1) is 0 Å². The van der Waals surface area contributed by atoms with E-state index in [4.69, 9.17) is 4.74 Å². The van der Waals surface area contributed by atoms with Crippen molar-refractivity contribution < 1.29 is 9.53 Å². The number of nitrogens with zero attached hydrogens (tertiary/aromatic N) is 1. The van der Waals surface area contributed by atoms with Crippen LogP contribution in [0.1, 0.15) is 17.0 Å². The number of morpholine rings is 1. The highest BCUT2D eigenvalue weighted by atomic mass is 32.2. The van der Waals surface area contributed by atoms with Crippen LogP contribution in [0.5, 0.6) is 0 Å². The van der Waals surface area contributed by atoms with Crippen LogP contribution in [0.2, 0.25) is 0 Å². The molecule has 1 saturated heterocycles. The predicted molar refractivity (Wildman–Crippen MR) is 86.2 cm³/mol. The third-order valence-electron chi connectivity index (χ3n) is 4.25. The van der Waals surface area contributed by atoms with Gasteiger partial charge in [0.05, 0.1) is 19.1 Å². The van der Waals surface area contributed by atoms with E-state index in [9.17, 15) is 4.79 Å². The van der Waals surface area contributed by atoms with Crippen LogP contribution in [0.3, 0.4) is 0 Å². The first-order valence-corrected chi connectivity index (χ1v) is 8.38. The minimum Gasteiger partial charge on any atom is -0.378 e. The first-order chi connectivity index (χ1) is 10.8. The lowest BCUT2D eigenvalue weighted by Crippen LogP contribution is -2.43. The molecule has 2 aliphatic rings. The Bertz CT molecular complexity index is 664. The van der Waals surface area contributed by atoms with Crippen molar-refractivity contribution in [1.82, 2.24) is 4.90 Å². The Hall–Kier alpha value is -1.78. The van der Waals surface area contributed by atoms with Gasteiger partial charge in [-0.1, -0.05) is 48.2 Å². The summed E-state index contributed by atoms with van der Waals surface area (Å²) >= 11 is 1.75. The average Bonchev–Trinajstić information content (AvgIpc) is 2.60. The van der Waals surface area contributed by atoms with Crippen LogP contribution < -0.4 is 0 Å². The van der Waals surface area contributed by atoms with Crippen molar-refractivity contribution in [3.8, 4) is 0 Å². The molecule has 2 aromatic carbocycles. The van der Waals surface area contributed by atoms with E-state index in [2.05, 4.69) is 24.3 Å². The van der Waals surface area contributed by atoms with Crippen molar-refractivity contribution in [2.75, 3.05) is 26.3 Å². The minimum atomic E-state index is -0.188. The van der Waals surface area contributed by atoms with E-state index >= 15 is 0 Å². The standard InChI is InChI=1S/C18H17NO2S/c20-18(19-9-11-21-12-10-19)17-13-5-1-3-7-15(13)22-16-8-4-2-6-14(16)17/h1-8,17H,9-12H2. The molecule has 0 atom stereocenters. The molecule has 4 rings (SSSR count). The van der Waals surface area contributed by atoms with Crippen molar-refractivity contribution >= 4 is 17.7 Å². The molecule has 2 aromatic rings. The first-order valence-electron chi connectivity index (χ1n) is 7.57. The number of carbonyl (C=O) groups excluding carboxylic acids is 1. The fourth-order valence-corrected chi connectivity index (χ4v) is 4.28. The molecule has 0 unspecified atom stereocenters. The Morgan fingerprint density at radius 3 is 2.09 bits per heavy atom. The largest absolute Gasteiger partial charge is 0.378 e. The van der Waals surface area contributed by atoms with Gasteiger partial charge in [0, 0.05) is 22.9 Å². The summed E-state index contributed by atoms with van der Waals surface area (Å²) in [5.41, 5.74) is 2.25. The summed E-state index contributed by atoms with van der Waals surface area (Å²) in [6.07, 6.45) is 0. The summed E-state index contributed by atoms with van der Waals surface area (Å²) in [5, 5.41) is 0. The van der Waals surface area contributed by atoms with Crippen LogP contribution in [-0.4, -0.2) is 37.1 Å². The molecule has 0 saturated carbocycles. The number of rotatable bonds is 1. The molecule has 0 aromatic heterocycles. The van der Waals surface area contributed by atoms with E-state index in [0.717, 1.165) is 11.1 Å². The molecule has 0 spiro atoms. The molecule has 112 valence electrons. The second-order valence-electron chi connectivity index (χ2n) is 5.55. The maximum absolute atomic E-state index is 13.1. The lowest BCUT2D eigenvalue weighted by atomic mass is 9.89. The second-order valence-corrected chi connectivity index (χ2v) is 6.63. The third-order valence-corrected chi connectivity index (χ3v) is 5.43. The zero-order chi connectivity index (χ0) is 14.9. The predicted octanol–water partition coefficient (Wildman–Crippen LogP) is 3.14. The third kappa shape index (κ3) is 2.32. The van der Waals surface area contributed by atoms with Gasteiger partial charge in [0.1, 0.15) is 0 Å². The Balaban J connectivity index is 1.78. The molecular formula is C18H17NO2S. The highest BCUT2D eigenvalue weighted by molar-refractivity contribution is 7.99. The summed E-state index contributed by atoms with van der Waals surface area (Å²) in [4.78, 5) is 17.5. The van der Waals surface area contributed by atoms with Crippen molar-refractivity contribution in [1.29, 1.82) is 0 Å². The number of hydrogen-bond acceptors (Lipinski definition) is 3. The summed E-state index contributed by atoms with van der Waals surface area (Å²) in [6, 6.07) is 16.5. The van der Waals surface area contributed by atoms with Gasteiger partial charge in [0.15, 0.2) is 0 Å². The highest BCUT2D eigenvalue weighted by Gasteiger charge is 2.34. The molecule has 0 bridgehead atoms. The first kappa shape index (κ1) is 13.9. The van der Waals surface area contributed by atoms with Gasteiger partial charge in [0.2, 0.25) is 5.91 Å². The monoisotopic (exact) mass is 311 g/mol. The van der Waals surface area contributed by atoms with Gasteiger partial charge in [-0.2, -0.15) is 0 Å². The summed E-state index contributed by atoms with van der Waals surface area (Å²) in [6.45, 7) is 2.65. The highest BCUT2D eigenvalue weighted by Crippen LogP contribution is 2.46. The van der Waals surface area contributed by atoms with E-state index in [0.29, 0.717) is 26.3 Å². The number of benzene rings is 2. The molecule has 0 radical (unpaired) electrons. The van der Waals surface area contributed by atoms with Crippen LogP contribution in [-0.2, 0) is 9.53 Å². The van der Waals surface area contributed by atoms with Crippen LogP contribution in [0.25, 0.3) is 0 Å². The molecule has 1 amide bonds. The lowest BCUT2D eigenvalue weighted by molar-refractivity contribution is -0.136. The van der Waals surface area contributed by atoms with Crippen LogP contribution >= 0.6 is 11.8 Å². The molecule has 2 aliphatic heterocycles. The van der Waals surface area contributed by atoms with Gasteiger partial charge in [-0.3, -0.25) is 4.79 Å². The molecule has 2 heterocycles. The number of hydrogen-bond donors (Lipinski definition) is 0. The normalized spacial score (nSPS) is 17.7. The van der Waals surface area contributed by atoms with Gasteiger partial charge < -0.3 is 9.64 Å². The Morgan fingerprint density at radius 2 is 1.50 bits per heavy atom. The Morgan fingerprint density at radius 1 is 0.955 bits per heavy atom. The van der Waals surface area contributed by atoms with Gasteiger partial charge in [-0.05, 0) is 23.3 Å². The minimum absolute atomic E-state index is 0.188. The Labute approximate surface area is 134 Å². The van der Waals surface area contributed by atoms with Crippen molar-refractivity contribution in [2.45, 2.75) is 15.7 Å². The van der Waals surface area contributed by atoms with Gasteiger partial charge in [-0.25, -0.2) is 0 Å². The van der Waals surface area contributed by atoms with Gasteiger partial charge >= 0.3 is 0 Å². The van der Waals surface area contributed by atoms with E-state index < -0.39 is 0 Å². The van der Waals surface area contributed by atoms with Gasteiger partial charge in [-0.15, -0.1) is 0 Å². The number of ether oxygens (including phenoxy) is 1. The smallest absolute Gasteiger partial charge is 0.234 e. The molecule has 4 heteroatoms. The molecule has 0 N–H and O–H groups in total. The topological polar surface area (TPSA) is 29.5 Å².